The van der Waals surface area contributed by atoms with Gasteiger partial charge in [-0.25, -0.2) is 4.79 Å². The molecular weight excluding hydrogens is 146 g/mol. The molecule has 0 fully saturated rings. The van der Waals surface area contributed by atoms with E-state index in [0.29, 0.717) is 0 Å². The third-order valence-corrected chi connectivity index (χ3v) is 1.19. The SMILES string of the molecule is CCN1NC=CN1OC(C)=O. The zero-order chi connectivity index (χ0) is 8.27. The van der Waals surface area contributed by atoms with Crippen molar-refractivity contribution in [2.45, 2.75) is 13.8 Å². The summed E-state index contributed by atoms with van der Waals surface area (Å²) in [5, 5.41) is 3.00. The van der Waals surface area contributed by atoms with Crippen molar-refractivity contribution < 1.29 is 9.63 Å². The quantitative estimate of drug-likeness (QED) is 0.611. The van der Waals surface area contributed by atoms with Crippen LogP contribution in [0.25, 0.3) is 0 Å². The van der Waals surface area contributed by atoms with Crippen molar-refractivity contribution in [2.75, 3.05) is 6.54 Å². The summed E-state index contributed by atoms with van der Waals surface area (Å²) in [6.45, 7) is 4.02. The van der Waals surface area contributed by atoms with E-state index in [-0.39, 0.29) is 5.97 Å². The number of nitrogens with one attached hydrogen (secondary N) is 1. The van der Waals surface area contributed by atoms with Crippen LogP contribution < -0.4 is 5.43 Å². The van der Waals surface area contributed by atoms with E-state index in [2.05, 4.69) is 5.43 Å². The maximum Gasteiger partial charge on any atom is 0.331 e. The zero-order valence-electron chi connectivity index (χ0n) is 6.57. The summed E-state index contributed by atoms with van der Waals surface area (Å²) in [6.07, 6.45) is 3.32. The molecule has 0 aromatic heterocycles. The molecule has 0 amide bonds. The fourth-order valence-electron chi connectivity index (χ4n) is 0.763. The number of hydroxylamine groups is 1. The molecule has 0 bridgehead atoms. The van der Waals surface area contributed by atoms with E-state index in [1.54, 1.807) is 17.5 Å². The highest BCUT2D eigenvalue weighted by molar-refractivity contribution is 5.65. The number of hydrazine groups is 2. The molecular formula is C6H11N3O2. The number of hydrogen-bond acceptors (Lipinski definition) is 5. The highest BCUT2D eigenvalue weighted by Gasteiger charge is 2.15. The highest BCUT2D eigenvalue weighted by Crippen LogP contribution is 2.02. The third-order valence-electron chi connectivity index (χ3n) is 1.19. The second-order valence-corrected chi connectivity index (χ2v) is 2.05. The molecule has 0 saturated carbocycles. The summed E-state index contributed by atoms with van der Waals surface area (Å²) in [7, 11) is 0. The molecule has 0 aromatic rings. The summed E-state index contributed by atoms with van der Waals surface area (Å²) in [5.74, 6) is -0.336. The number of carbonyl (C=O) groups is 1. The Labute approximate surface area is 65.1 Å². The van der Waals surface area contributed by atoms with Gasteiger partial charge >= 0.3 is 5.97 Å². The van der Waals surface area contributed by atoms with Gasteiger partial charge in [-0.05, 0) is 6.92 Å². The second kappa shape index (κ2) is 3.25. The van der Waals surface area contributed by atoms with Gasteiger partial charge in [-0.2, -0.15) is 0 Å². The second-order valence-electron chi connectivity index (χ2n) is 2.05. The largest absolute Gasteiger partial charge is 0.331 e. The van der Waals surface area contributed by atoms with Crippen LogP contribution in [0.2, 0.25) is 0 Å². The Hall–Kier alpha value is -1.23. The highest BCUT2D eigenvalue weighted by atomic mass is 16.8. The molecule has 0 radical (unpaired) electrons. The maximum absolute atomic E-state index is 10.5. The van der Waals surface area contributed by atoms with Gasteiger partial charge in [0.1, 0.15) is 0 Å². The first-order chi connectivity index (χ1) is 5.24. The van der Waals surface area contributed by atoms with E-state index in [0.717, 1.165) is 6.54 Å². The lowest BCUT2D eigenvalue weighted by Crippen LogP contribution is -2.41. The average Bonchev–Trinajstić information content (AvgIpc) is 2.34. The minimum absolute atomic E-state index is 0.336. The summed E-state index contributed by atoms with van der Waals surface area (Å²) in [4.78, 5) is 15.3. The van der Waals surface area contributed by atoms with Gasteiger partial charge in [-0.15, -0.1) is 10.3 Å². The Morgan fingerprint density at radius 3 is 3.00 bits per heavy atom. The fraction of sp³-hybridized carbons (Fsp3) is 0.500. The van der Waals surface area contributed by atoms with Gasteiger partial charge in [0.25, 0.3) is 0 Å². The lowest BCUT2D eigenvalue weighted by atomic mass is 10.8. The van der Waals surface area contributed by atoms with Crippen LogP contribution in [0.15, 0.2) is 12.4 Å². The Balaban J connectivity index is 2.43. The van der Waals surface area contributed by atoms with Crippen molar-refractivity contribution in [1.82, 2.24) is 15.7 Å². The van der Waals surface area contributed by atoms with Crippen LogP contribution in [0, 0.1) is 0 Å². The molecule has 1 rings (SSSR count). The Kier molecular flexibility index (Phi) is 2.32. The first kappa shape index (κ1) is 7.87. The lowest BCUT2D eigenvalue weighted by Gasteiger charge is -2.24. The van der Waals surface area contributed by atoms with Crippen molar-refractivity contribution in [3.63, 3.8) is 0 Å². The Morgan fingerprint density at radius 1 is 1.73 bits per heavy atom. The van der Waals surface area contributed by atoms with E-state index in [1.165, 1.54) is 12.1 Å². The minimum Gasteiger partial charge on any atom is -0.324 e. The van der Waals surface area contributed by atoms with Crippen molar-refractivity contribution in [1.29, 1.82) is 0 Å². The average molecular weight is 157 g/mol. The number of carbonyl (C=O) groups excluding carboxylic acids is 1. The predicted octanol–water partition coefficient (Wildman–Crippen LogP) is -0.00720. The van der Waals surface area contributed by atoms with Crippen molar-refractivity contribution in [3.05, 3.63) is 12.4 Å². The molecule has 1 aliphatic heterocycles. The van der Waals surface area contributed by atoms with Crippen LogP contribution in [0.5, 0.6) is 0 Å². The van der Waals surface area contributed by atoms with E-state index >= 15 is 0 Å². The first-order valence-electron chi connectivity index (χ1n) is 3.42. The van der Waals surface area contributed by atoms with Gasteiger partial charge in [0, 0.05) is 19.7 Å². The standard InChI is InChI=1S/C6H11N3O2/c1-3-8-7-4-5-9(8)11-6(2)10/h4-5,7H,3H2,1-2H3. The van der Waals surface area contributed by atoms with Crippen LogP contribution in [0.4, 0.5) is 0 Å². The van der Waals surface area contributed by atoms with Crippen molar-refractivity contribution in [2.24, 2.45) is 0 Å². The summed E-state index contributed by atoms with van der Waals surface area (Å²) < 4.78 is 0. The molecule has 0 aromatic carbocycles. The van der Waals surface area contributed by atoms with E-state index in [9.17, 15) is 4.79 Å². The van der Waals surface area contributed by atoms with Crippen LogP contribution >= 0.6 is 0 Å². The van der Waals surface area contributed by atoms with Gasteiger partial charge in [-0.1, -0.05) is 0 Å². The maximum atomic E-state index is 10.5. The molecule has 1 aliphatic rings. The van der Waals surface area contributed by atoms with Gasteiger partial charge in [0.2, 0.25) is 0 Å². The third kappa shape index (κ3) is 1.84. The summed E-state index contributed by atoms with van der Waals surface area (Å²) in [6, 6.07) is 0. The molecule has 5 heteroatoms. The van der Waals surface area contributed by atoms with E-state index in [4.69, 9.17) is 4.84 Å². The van der Waals surface area contributed by atoms with E-state index in [1.807, 2.05) is 6.92 Å². The number of hydrogen-bond donors (Lipinski definition) is 1. The molecule has 0 spiro atoms. The Morgan fingerprint density at radius 2 is 2.45 bits per heavy atom. The van der Waals surface area contributed by atoms with Crippen molar-refractivity contribution >= 4 is 5.97 Å². The molecule has 62 valence electrons. The molecule has 1 N–H and O–H groups in total. The Bertz CT molecular complexity index is 181. The fourth-order valence-corrected chi connectivity index (χ4v) is 0.763. The van der Waals surface area contributed by atoms with Crippen LogP contribution in [-0.4, -0.2) is 22.8 Å². The van der Waals surface area contributed by atoms with Crippen LogP contribution in [-0.2, 0) is 9.63 Å². The van der Waals surface area contributed by atoms with E-state index < -0.39 is 0 Å². The minimum atomic E-state index is -0.336. The molecule has 11 heavy (non-hydrogen) atoms. The number of rotatable bonds is 2. The zero-order valence-corrected chi connectivity index (χ0v) is 6.57. The predicted molar refractivity (Wildman–Crippen MR) is 38.3 cm³/mol. The number of nitrogens with zero attached hydrogens (tertiary/aromatic N) is 2. The smallest absolute Gasteiger partial charge is 0.324 e. The monoisotopic (exact) mass is 157 g/mol. The topological polar surface area (TPSA) is 44.8 Å². The summed E-state index contributed by atoms with van der Waals surface area (Å²) >= 11 is 0. The lowest BCUT2D eigenvalue weighted by molar-refractivity contribution is -0.240. The normalized spacial score (nSPS) is 16.7. The van der Waals surface area contributed by atoms with Gasteiger partial charge in [0.05, 0.1) is 6.20 Å². The van der Waals surface area contributed by atoms with Gasteiger partial charge < -0.3 is 10.3 Å². The summed E-state index contributed by atoms with van der Waals surface area (Å²) in [5.41, 5.74) is 2.86. The molecule has 0 unspecified atom stereocenters. The molecule has 0 saturated heterocycles. The first-order valence-corrected chi connectivity index (χ1v) is 3.42. The van der Waals surface area contributed by atoms with Crippen LogP contribution in [0.1, 0.15) is 13.8 Å². The molecule has 0 aliphatic carbocycles. The van der Waals surface area contributed by atoms with Crippen molar-refractivity contribution in [3.8, 4) is 0 Å². The van der Waals surface area contributed by atoms with Crippen LogP contribution in [0.3, 0.4) is 0 Å². The van der Waals surface area contributed by atoms with Gasteiger partial charge in [-0.3, -0.25) is 0 Å². The van der Waals surface area contributed by atoms with Gasteiger partial charge in [0.15, 0.2) is 0 Å². The molecule has 5 nitrogen and oxygen atoms in total. The molecule has 1 heterocycles. The molecule has 0 atom stereocenters.